The average molecular weight is 269 g/mol. The van der Waals surface area contributed by atoms with Crippen LogP contribution >= 0.6 is 11.3 Å². The number of hydrogen-bond acceptors (Lipinski definition) is 4. The Kier molecular flexibility index (Phi) is 4.03. The molecule has 1 aliphatic heterocycles. The number of anilines is 1. The van der Waals surface area contributed by atoms with E-state index in [2.05, 4.69) is 10.1 Å². The fourth-order valence-corrected chi connectivity index (χ4v) is 2.36. The Balaban J connectivity index is 1.82. The van der Waals surface area contributed by atoms with Crippen molar-refractivity contribution in [1.29, 1.82) is 0 Å². The molecule has 18 heavy (non-hydrogen) atoms. The molecule has 98 valence electrons. The molecule has 1 aliphatic rings. The Morgan fingerprint density at radius 1 is 1.28 bits per heavy atom. The molecule has 0 aliphatic carbocycles. The molecule has 0 unspecified atom stereocenters. The van der Waals surface area contributed by atoms with Crippen LogP contribution < -0.4 is 5.32 Å². The van der Waals surface area contributed by atoms with E-state index < -0.39 is 0 Å². The molecule has 2 rings (SSSR count). The molecule has 6 nitrogen and oxygen atoms in total. The van der Waals surface area contributed by atoms with Crippen LogP contribution in [0.15, 0.2) is 17.5 Å². The van der Waals surface area contributed by atoms with Crippen LogP contribution in [0.1, 0.15) is 0 Å². The van der Waals surface area contributed by atoms with Crippen LogP contribution in [0.2, 0.25) is 0 Å². The summed E-state index contributed by atoms with van der Waals surface area (Å²) in [5, 5.41) is 5.56. The first-order valence-corrected chi connectivity index (χ1v) is 6.51. The molecule has 0 spiro atoms. The van der Waals surface area contributed by atoms with Gasteiger partial charge < -0.3 is 14.5 Å². The van der Waals surface area contributed by atoms with Crippen LogP contribution in [-0.2, 0) is 4.74 Å². The number of nitrogens with zero attached hydrogens (tertiary/aromatic N) is 2. The highest BCUT2D eigenvalue weighted by Crippen LogP contribution is 2.16. The van der Waals surface area contributed by atoms with Gasteiger partial charge in [0.2, 0.25) is 0 Å². The van der Waals surface area contributed by atoms with Crippen molar-refractivity contribution in [3.8, 4) is 0 Å². The molecule has 1 aromatic rings. The topological polar surface area (TPSA) is 61.9 Å². The number of carbonyl (C=O) groups is 2. The highest BCUT2D eigenvalue weighted by Gasteiger charge is 2.24. The van der Waals surface area contributed by atoms with Gasteiger partial charge in [-0.05, 0) is 17.5 Å². The highest BCUT2D eigenvalue weighted by atomic mass is 32.1. The Bertz CT molecular complexity index is 413. The molecule has 7 heteroatoms. The maximum Gasteiger partial charge on any atom is 0.409 e. The molecule has 3 amide bonds. The average Bonchev–Trinajstić information content (AvgIpc) is 2.91. The standard InChI is InChI=1S/C11H15N3O3S/c1-17-11(16)14-6-4-13(5-7-14)10(15)12-9-3-2-8-18-9/h2-3,8H,4-7H2,1H3,(H,12,15). The maximum atomic E-state index is 11.9. The van der Waals surface area contributed by atoms with Gasteiger partial charge in [0, 0.05) is 26.2 Å². The SMILES string of the molecule is COC(=O)N1CCN(C(=O)Nc2cccs2)CC1. The number of methoxy groups -OCH3 is 1. The lowest BCUT2D eigenvalue weighted by Crippen LogP contribution is -2.51. The number of piperazine rings is 1. The van der Waals surface area contributed by atoms with Crippen LogP contribution in [-0.4, -0.2) is 55.2 Å². The second kappa shape index (κ2) is 5.72. The Morgan fingerprint density at radius 2 is 1.94 bits per heavy atom. The Morgan fingerprint density at radius 3 is 2.50 bits per heavy atom. The van der Waals surface area contributed by atoms with Gasteiger partial charge in [-0.1, -0.05) is 0 Å². The summed E-state index contributed by atoms with van der Waals surface area (Å²) < 4.78 is 4.64. The largest absolute Gasteiger partial charge is 0.453 e. The van der Waals surface area contributed by atoms with Crippen molar-refractivity contribution in [2.75, 3.05) is 38.6 Å². The van der Waals surface area contributed by atoms with E-state index in [0.717, 1.165) is 5.00 Å². The summed E-state index contributed by atoms with van der Waals surface area (Å²) in [5.41, 5.74) is 0. The fourth-order valence-electron chi connectivity index (χ4n) is 1.76. The summed E-state index contributed by atoms with van der Waals surface area (Å²) in [4.78, 5) is 26.5. The van der Waals surface area contributed by atoms with Crippen molar-refractivity contribution >= 4 is 28.5 Å². The molecule has 1 saturated heterocycles. The number of thiophene rings is 1. The minimum absolute atomic E-state index is 0.123. The van der Waals surface area contributed by atoms with Gasteiger partial charge in [-0.2, -0.15) is 0 Å². The van der Waals surface area contributed by atoms with E-state index in [9.17, 15) is 9.59 Å². The van der Waals surface area contributed by atoms with Crippen molar-refractivity contribution in [3.63, 3.8) is 0 Å². The van der Waals surface area contributed by atoms with Gasteiger partial charge in [-0.25, -0.2) is 9.59 Å². The van der Waals surface area contributed by atoms with Crippen molar-refractivity contribution in [3.05, 3.63) is 17.5 Å². The van der Waals surface area contributed by atoms with E-state index >= 15 is 0 Å². The van der Waals surface area contributed by atoms with Crippen molar-refractivity contribution in [1.82, 2.24) is 9.80 Å². The monoisotopic (exact) mass is 269 g/mol. The zero-order chi connectivity index (χ0) is 13.0. The predicted octanol–water partition coefficient (Wildman–Crippen LogP) is 1.66. The zero-order valence-electron chi connectivity index (χ0n) is 10.1. The summed E-state index contributed by atoms with van der Waals surface area (Å²) in [6.45, 7) is 2.05. The molecule has 0 radical (unpaired) electrons. The summed E-state index contributed by atoms with van der Waals surface area (Å²) >= 11 is 1.48. The minimum Gasteiger partial charge on any atom is -0.453 e. The van der Waals surface area contributed by atoms with Crippen LogP contribution in [0.4, 0.5) is 14.6 Å². The van der Waals surface area contributed by atoms with Gasteiger partial charge in [-0.3, -0.25) is 5.32 Å². The molecule has 1 N–H and O–H groups in total. The Labute approximate surface area is 109 Å². The third-order valence-corrected chi connectivity index (χ3v) is 3.54. The summed E-state index contributed by atoms with van der Waals surface area (Å²) in [5.74, 6) is 0. The van der Waals surface area contributed by atoms with Gasteiger partial charge >= 0.3 is 12.1 Å². The maximum absolute atomic E-state index is 11.9. The molecule has 1 fully saturated rings. The number of urea groups is 1. The van der Waals surface area contributed by atoms with E-state index in [-0.39, 0.29) is 12.1 Å². The van der Waals surface area contributed by atoms with Crippen molar-refractivity contribution in [2.24, 2.45) is 0 Å². The smallest absolute Gasteiger partial charge is 0.409 e. The van der Waals surface area contributed by atoms with Gasteiger partial charge in [-0.15, -0.1) is 11.3 Å². The van der Waals surface area contributed by atoms with Gasteiger partial charge in [0.25, 0.3) is 0 Å². The number of amides is 3. The van der Waals surface area contributed by atoms with E-state index in [1.54, 1.807) is 9.80 Å². The van der Waals surface area contributed by atoms with Gasteiger partial charge in [0.05, 0.1) is 12.1 Å². The number of rotatable bonds is 1. The molecular formula is C11H15N3O3S. The lowest BCUT2D eigenvalue weighted by atomic mass is 10.3. The lowest BCUT2D eigenvalue weighted by Gasteiger charge is -2.33. The first-order valence-electron chi connectivity index (χ1n) is 5.63. The number of hydrogen-bond donors (Lipinski definition) is 1. The molecule has 0 bridgehead atoms. The highest BCUT2D eigenvalue weighted by molar-refractivity contribution is 7.14. The summed E-state index contributed by atoms with van der Waals surface area (Å²) in [6.07, 6.45) is -0.340. The molecule has 0 atom stereocenters. The second-order valence-electron chi connectivity index (χ2n) is 3.85. The molecule has 2 heterocycles. The normalized spacial score (nSPS) is 15.4. The quantitative estimate of drug-likeness (QED) is 0.843. The van der Waals surface area contributed by atoms with Crippen LogP contribution in [0, 0.1) is 0 Å². The van der Waals surface area contributed by atoms with Crippen LogP contribution in [0.25, 0.3) is 0 Å². The summed E-state index contributed by atoms with van der Waals surface area (Å²) in [6, 6.07) is 3.62. The first kappa shape index (κ1) is 12.7. The third kappa shape index (κ3) is 2.92. The number of nitrogens with one attached hydrogen (secondary N) is 1. The zero-order valence-corrected chi connectivity index (χ0v) is 10.9. The molecular weight excluding hydrogens is 254 g/mol. The predicted molar refractivity (Wildman–Crippen MR) is 68.9 cm³/mol. The van der Waals surface area contributed by atoms with Crippen LogP contribution in [0.3, 0.4) is 0 Å². The fraction of sp³-hybridized carbons (Fsp3) is 0.455. The Hall–Kier alpha value is -1.76. The van der Waals surface area contributed by atoms with Crippen molar-refractivity contribution in [2.45, 2.75) is 0 Å². The lowest BCUT2D eigenvalue weighted by molar-refractivity contribution is 0.0993. The van der Waals surface area contributed by atoms with Gasteiger partial charge in [0.1, 0.15) is 0 Å². The first-order chi connectivity index (χ1) is 8.70. The van der Waals surface area contributed by atoms with E-state index in [1.807, 2.05) is 17.5 Å². The molecule has 0 aromatic carbocycles. The van der Waals surface area contributed by atoms with Gasteiger partial charge in [0.15, 0.2) is 0 Å². The molecule has 0 saturated carbocycles. The molecule has 1 aromatic heterocycles. The number of carbonyl (C=O) groups excluding carboxylic acids is 2. The number of ether oxygens (including phenoxy) is 1. The van der Waals surface area contributed by atoms with E-state index in [4.69, 9.17) is 0 Å². The minimum atomic E-state index is -0.340. The van der Waals surface area contributed by atoms with Crippen molar-refractivity contribution < 1.29 is 14.3 Å². The van der Waals surface area contributed by atoms with E-state index in [0.29, 0.717) is 26.2 Å². The third-order valence-electron chi connectivity index (χ3n) is 2.75. The van der Waals surface area contributed by atoms with Crippen LogP contribution in [0.5, 0.6) is 0 Å². The second-order valence-corrected chi connectivity index (χ2v) is 4.80. The van der Waals surface area contributed by atoms with E-state index in [1.165, 1.54) is 18.4 Å². The summed E-state index contributed by atoms with van der Waals surface area (Å²) in [7, 11) is 1.36.